The SMILES string of the molecule is Cc1ncsc1CCc1nc2c([nH]1)CCCNC2=O. The number of aryl methyl sites for hydroxylation is 4. The lowest BCUT2D eigenvalue weighted by atomic mass is 10.2. The maximum Gasteiger partial charge on any atom is 0.271 e. The highest BCUT2D eigenvalue weighted by molar-refractivity contribution is 7.09. The van der Waals surface area contributed by atoms with Crippen molar-refractivity contribution in [2.75, 3.05) is 6.54 Å². The molecule has 1 amide bonds. The Kier molecular flexibility index (Phi) is 3.33. The van der Waals surface area contributed by atoms with Crippen molar-refractivity contribution in [3.63, 3.8) is 0 Å². The number of imidazole rings is 1. The van der Waals surface area contributed by atoms with Gasteiger partial charge in [-0.1, -0.05) is 0 Å². The maximum absolute atomic E-state index is 11.8. The molecular formula is C13H16N4OS. The minimum Gasteiger partial charge on any atom is -0.351 e. The summed E-state index contributed by atoms with van der Waals surface area (Å²) >= 11 is 1.68. The maximum atomic E-state index is 11.8. The molecule has 0 atom stereocenters. The summed E-state index contributed by atoms with van der Waals surface area (Å²) in [6.45, 7) is 2.76. The van der Waals surface area contributed by atoms with E-state index in [9.17, 15) is 4.79 Å². The Morgan fingerprint density at radius 3 is 3.11 bits per heavy atom. The summed E-state index contributed by atoms with van der Waals surface area (Å²) in [7, 11) is 0. The van der Waals surface area contributed by atoms with Crippen molar-refractivity contribution in [3.05, 3.63) is 33.3 Å². The number of nitrogens with zero attached hydrogens (tertiary/aromatic N) is 2. The van der Waals surface area contributed by atoms with Gasteiger partial charge in [0.1, 0.15) is 11.5 Å². The highest BCUT2D eigenvalue weighted by atomic mass is 32.1. The molecule has 19 heavy (non-hydrogen) atoms. The molecule has 0 unspecified atom stereocenters. The third kappa shape index (κ3) is 2.53. The molecule has 0 fully saturated rings. The normalized spacial score (nSPS) is 14.9. The topological polar surface area (TPSA) is 70.7 Å². The van der Waals surface area contributed by atoms with Crippen LogP contribution in [0.2, 0.25) is 0 Å². The largest absolute Gasteiger partial charge is 0.351 e. The van der Waals surface area contributed by atoms with Crippen LogP contribution in [0.4, 0.5) is 0 Å². The molecule has 2 N–H and O–H groups in total. The second-order valence-electron chi connectivity index (χ2n) is 4.73. The van der Waals surface area contributed by atoms with Gasteiger partial charge in [-0.25, -0.2) is 9.97 Å². The van der Waals surface area contributed by atoms with Crippen molar-refractivity contribution in [2.45, 2.75) is 32.6 Å². The summed E-state index contributed by atoms with van der Waals surface area (Å²) < 4.78 is 0. The smallest absolute Gasteiger partial charge is 0.271 e. The Bertz CT molecular complexity index is 602. The molecule has 3 rings (SSSR count). The van der Waals surface area contributed by atoms with Crippen molar-refractivity contribution >= 4 is 17.2 Å². The van der Waals surface area contributed by atoms with Gasteiger partial charge < -0.3 is 10.3 Å². The Morgan fingerprint density at radius 1 is 1.42 bits per heavy atom. The van der Waals surface area contributed by atoms with Crippen molar-refractivity contribution in [2.24, 2.45) is 0 Å². The lowest BCUT2D eigenvalue weighted by Crippen LogP contribution is -2.23. The number of nitrogens with one attached hydrogen (secondary N) is 2. The van der Waals surface area contributed by atoms with Crippen LogP contribution in [0.3, 0.4) is 0 Å². The summed E-state index contributed by atoms with van der Waals surface area (Å²) in [5.74, 6) is 0.846. The lowest BCUT2D eigenvalue weighted by molar-refractivity contribution is 0.0951. The van der Waals surface area contributed by atoms with Crippen molar-refractivity contribution < 1.29 is 4.79 Å². The summed E-state index contributed by atoms with van der Waals surface area (Å²) in [5.41, 5.74) is 4.52. The molecule has 6 heteroatoms. The second kappa shape index (κ2) is 5.13. The van der Waals surface area contributed by atoms with E-state index in [1.165, 1.54) is 4.88 Å². The van der Waals surface area contributed by atoms with E-state index in [-0.39, 0.29) is 5.91 Å². The fourth-order valence-corrected chi connectivity index (χ4v) is 3.08. The van der Waals surface area contributed by atoms with Gasteiger partial charge in [0.2, 0.25) is 0 Å². The van der Waals surface area contributed by atoms with Gasteiger partial charge in [-0.05, 0) is 26.2 Å². The van der Waals surface area contributed by atoms with E-state index in [2.05, 4.69) is 20.3 Å². The molecular weight excluding hydrogens is 260 g/mol. The summed E-state index contributed by atoms with van der Waals surface area (Å²) in [4.78, 5) is 25.1. The minimum absolute atomic E-state index is 0.0519. The monoisotopic (exact) mass is 276 g/mol. The van der Waals surface area contributed by atoms with E-state index in [0.717, 1.165) is 49.4 Å². The van der Waals surface area contributed by atoms with E-state index in [1.54, 1.807) is 11.3 Å². The van der Waals surface area contributed by atoms with Crippen LogP contribution < -0.4 is 5.32 Å². The van der Waals surface area contributed by atoms with Crippen LogP contribution in [-0.4, -0.2) is 27.4 Å². The lowest BCUT2D eigenvalue weighted by Gasteiger charge is -1.98. The third-order valence-corrected chi connectivity index (χ3v) is 4.36. The number of thiazole rings is 1. The van der Waals surface area contributed by atoms with Crippen LogP contribution in [0, 0.1) is 6.92 Å². The first-order valence-corrected chi connectivity index (χ1v) is 7.37. The molecule has 0 aliphatic carbocycles. The molecule has 0 aromatic carbocycles. The quantitative estimate of drug-likeness (QED) is 0.895. The van der Waals surface area contributed by atoms with Gasteiger partial charge in [0.15, 0.2) is 0 Å². The predicted octanol–water partition coefficient (Wildman–Crippen LogP) is 1.64. The average molecular weight is 276 g/mol. The standard InChI is InChI=1S/C13H16N4OS/c1-8-10(19-7-15-8)4-5-11-16-9-3-2-6-14-13(18)12(9)17-11/h7H,2-6H2,1H3,(H,14,18)(H,16,17). The molecule has 2 aromatic heterocycles. The Hall–Kier alpha value is -1.69. The van der Waals surface area contributed by atoms with Crippen molar-refractivity contribution in [1.82, 2.24) is 20.3 Å². The predicted molar refractivity (Wildman–Crippen MR) is 73.5 cm³/mol. The van der Waals surface area contributed by atoms with E-state index < -0.39 is 0 Å². The average Bonchev–Trinajstić information content (AvgIpc) is 2.95. The van der Waals surface area contributed by atoms with Crippen LogP contribution in [0.1, 0.15) is 39.0 Å². The summed E-state index contributed by atoms with van der Waals surface area (Å²) in [6, 6.07) is 0. The fraction of sp³-hybridized carbons (Fsp3) is 0.462. The number of carbonyl (C=O) groups is 1. The summed E-state index contributed by atoms with van der Waals surface area (Å²) in [6.07, 6.45) is 3.60. The third-order valence-electron chi connectivity index (χ3n) is 3.37. The molecule has 1 aliphatic heterocycles. The number of carbonyl (C=O) groups excluding carboxylic acids is 1. The number of fused-ring (bicyclic) bond motifs is 1. The van der Waals surface area contributed by atoms with E-state index in [1.807, 2.05) is 12.4 Å². The molecule has 0 radical (unpaired) electrons. The number of aromatic amines is 1. The van der Waals surface area contributed by atoms with Crippen LogP contribution in [-0.2, 0) is 19.3 Å². The number of amides is 1. The zero-order valence-electron chi connectivity index (χ0n) is 10.8. The second-order valence-corrected chi connectivity index (χ2v) is 5.67. The first-order chi connectivity index (χ1) is 9.24. The van der Waals surface area contributed by atoms with E-state index >= 15 is 0 Å². The van der Waals surface area contributed by atoms with E-state index in [0.29, 0.717) is 5.69 Å². The molecule has 3 heterocycles. The number of hydrogen-bond donors (Lipinski definition) is 2. The molecule has 1 aliphatic rings. The van der Waals surface area contributed by atoms with Crippen LogP contribution in [0.15, 0.2) is 5.51 Å². The highest BCUT2D eigenvalue weighted by Gasteiger charge is 2.19. The van der Waals surface area contributed by atoms with Gasteiger partial charge in [0.25, 0.3) is 5.91 Å². The van der Waals surface area contributed by atoms with Gasteiger partial charge in [-0.15, -0.1) is 11.3 Å². The van der Waals surface area contributed by atoms with Crippen LogP contribution in [0.5, 0.6) is 0 Å². The number of rotatable bonds is 3. The molecule has 0 saturated carbocycles. The highest BCUT2D eigenvalue weighted by Crippen LogP contribution is 2.17. The number of H-pyrrole nitrogens is 1. The first kappa shape index (κ1) is 12.3. The van der Waals surface area contributed by atoms with Gasteiger partial charge in [0.05, 0.1) is 11.2 Å². The Balaban J connectivity index is 1.74. The Morgan fingerprint density at radius 2 is 2.32 bits per heavy atom. The number of hydrogen-bond acceptors (Lipinski definition) is 4. The van der Waals surface area contributed by atoms with Crippen LogP contribution >= 0.6 is 11.3 Å². The van der Waals surface area contributed by atoms with E-state index in [4.69, 9.17) is 0 Å². The first-order valence-electron chi connectivity index (χ1n) is 6.49. The molecule has 0 spiro atoms. The molecule has 100 valence electrons. The van der Waals surface area contributed by atoms with Crippen molar-refractivity contribution in [3.8, 4) is 0 Å². The fourth-order valence-electron chi connectivity index (χ4n) is 2.30. The number of aromatic nitrogens is 3. The molecule has 0 saturated heterocycles. The minimum atomic E-state index is -0.0519. The van der Waals surface area contributed by atoms with Crippen molar-refractivity contribution in [1.29, 1.82) is 0 Å². The Labute approximate surface area is 115 Å². The zero-order chi connectivity index (χ0) is 13.2. The summed E-state index contributed by atoms with van der Waals surface area (Å²) in [5, 5.41) is 2.86. The molecule has 0 bridgehead atoms. The van der Waals surface area contributed by atoms with Gasteiger partial charge in [0, 0.05) is 23.5 Å². The molecule has 2 aromatic rings. The zero-order valence-corrected chi connectivity index (χ0v) is 11.6. The van der Waals surface area contributed by atoms with Crippen LogP contribution in [0.25, 0.3) is 0 Å². The van der Waals surface area contributed by atoms with Gasteiger partial charge >= 0.3 is 0 Å². The van der Waals surface area contributed by atoms with Gasteiger partial charge in [-0.2, -0.15) is 0 Å². The molecule has 5 nitrogen and oxygen atoms in total. The van der Waals surface area contributed by atoms with Gasteiger partial charge in [-0.3, -0.25) is 4.79 Å².